The highest BCUT2D eigenvalue weighted by molar-refractivity contribution is 9.10. The van der Waals surface area contributed by atoms with Gasteiger partial charge >= 0.3 is 5.97 Å². The van der Waals surface area contributed by atoms with E-state index in [-0.39, 0.29) is 11.5 Å². The lowest BCUT2D eigenvalue weighted by Gasteiger charge is -2.02. The van der Waals surface area contributed by atoms with E-state index in [0.717, 1.165) is 0 Å². The summed E-state index contributed by atoms with van der Waals surface area (Å²) in [5.41, 5.74) is 1.28. The molecule has 1 aromatic heterocycles. The van der Waals surface area contributed by atoms with Crippen LogP contribution in [0, 0.1) is 5.82 Å². The molecule has 1 heterocycles. The highest BCUT2D eigenvalue weighted by Crippen LogP contribution is 2.27. The molecule has 1 aromatic carbocycles. The van der Waals surface area contributed by atoms with Crippen LogP contribution < -0.4 is 0 Å². The zero-order chi connectivity index (χ0) is 11.7. The molecule has 0 unspecified atom stereocenters. The number of aromatic amines is 1. The predicted molar refractivity (Wildman–Crippen MR) is 60.8 cm³/mol. The number of H-pyrrole nitrogens is 1. The molecule has 2 aromatic rings. The van der Waals surface area contributed by atoms with E-state index in [0.29, 0.717) is 15.6 Å². The Morgan fingerprint density at radius 3 is 2.75 bits per heavy atom. The van der Waals surface area contributed by atoms with Crippen LogP contribution in [0.15, 0.2) is 34.9 Å². The van der Waals surface area contributed by atoms with Crippen LogP contribution in [0.3, 0.4) is 0 Å². The number of nitrogens with one attached hydrogen (secondary N) is 1. The van der Waals surface area contributed by atoms with Gasteiger partial charge in [-0.2, -0.15) is 0 Å². The number of aromatic carboxylic acids is 1. The van der Waals surface area contributed by atoms with Gasteiger partial charge in [0, 0.05) is 11.8 Å². The van der Waals surface area contributed by atoms with Gasteiger partial charge in [0.2, 0.25) is 0 Å². The quantitative estimate of drug-likeness (QED) is 0.889. The lowest BCUT2D eigenvalue weighted by molar-refractivity contribution is 0.0692. The number of hydrogen-bond acceptors (Lipinski definition) is 1. The van der Waals surface area contributed by atoms with Gasteiger partial charge in [0.1, 0.15) is 11.5 Å². The number of aromatic nitrogens is 1. The van der Waals surface area contributed by atoms with Gasteiger partial charge < -0.3 is 10.1 Å². The fourth-order valence-electron chi connectivity index (χ4n) is 1.45. The first kappa shape index (κ1) is 10.9. The van der Waals surface area contributed by atoms with Crippen molar-refractivity contribution in [2.24, 2.45) is 0 Å². The fraction of sp³-hybridized carbons (Fsp3) is 0. The van der Waals surface area contributed by atoms with E-state index in [1.165, 1.54) is 18.3 Å². The topological polar surface area (TPSA) is 53.1 Å². The molecule has 0 spiro atoms. The van der Waals surface area contributed by atoms with Gasteiger partial charge in [-0.15, -0.1) is 0 Å². The second-order valence-electron chi connectivity index (χ2n) is 3.20. The predicted octanol–water partition coefficient (Wildman–Crippen LogP) is 3.28. The monoisotopic (exact) mass is 283 g/mol. The molecule has 3 nitrogen and oxygen atoms in total. The lowest BCUT2D eigenvalue weighted by Crippen LogP contribution is -1.98. The van der Waals surface area contributed by atoms with Gasteiger partial charge in [-0.1, -0.05) is 6.07 Å². The second kappa shape index (κ2) is 4.09. The van der Waals surface area contributed by atoms with Crippen molar-refractivity contribution in [1.29, 1.82) is 0 Å². The summed E-state index contributed by atoms with van der Waals surface area (Å²) >= 11 is 3.06. The molecule has 82 valence electrons. The van der Waals surface area contributed by atoms with E-state index in [4.69, 9.17) is 5.11 Å². The molecule has 0 saturated carbocycles. The number of carboxylic acids is 1. The maximum Gasteiger partial charge on any atom is 0.352 e. The molecule has 0 amide bonds. The zero-order valence-electron chi connectivity index (χ0n) is 8.00. The number of rotatable bonds is 2. The summed E-state index contributed by atoms with van der Waals surface area (Å²) in [5, 5.41) is 8.92. The first-order valence-electron chi connectivity index (χ1n) is 4.45. The molecule has 0 saturated heterocycles. The van der Waals surface area contributed by atoms with Crippen LogP contribution in [0.2, 0.25) is 0 Å². The van der Waals surface area contributed by atoms with E-state index in [2.05, 4.69) is 20.9 Å². The van der Waals surface area contributed by atoms with Gasteiger partial charge in [-0.3, -0.25) is 0 Å². The third-order valence-electron chi connectivity index (χ3n) is 2.19. The number of benzene rings is 1. The summed E-state index contributed by atoms with van der Waals surface area (Å²) in [4.78, 5) is 13.5. The van der Waals surface area contributed by atoms with Gasteiger partial charge in [-0.05, 0) is 39.7 Å². The Hall–Kier alpha value is -1.62. The van der Waals surface area contributed by atoms with Crippen LogP contribution in [0.1, 0.15) is 10.5 Å². The van der Waals surface area contributed by atoms with Crippen molar-refractivity contribution in [1.82, 2.24) is 4.98 Å². The van der Waals surface area contributed by atoms with E-state index in [1.807, 2.05) is 0 Å². The summed E-state index contributed by atoms with van der Waals surface area (Å²) in [6.45, 7) is 0. The Morgan fingerprint density at radius 1 is 1.38 bits per heavy atom. The van der Waals surface area contributed by atoms with E-state index >= 15 is 0 Å². The normalized spacial score (nSPS) is 10.4. The summed E-state index contributed by atoms with van der Waals surface area (Å²) in [5.74, 6) is -1.42. The van der Waals surface area contributed by atoms with Gasteiger partial charge in [0.15, 0.2) is 0 Å². The fourth-order valence-corrected chi connectivity index (χ4v) is 1.83. The Kier molecular flexibility index (Phi) is 2.78. The number of carboxylic acid groups (broad SMARTS) is 1. The maximum atomic E-state index is 13.0. The highest BCUT2D eigenvalue weighted by Gasteiger charge is 2.13. The Morgan fingerprint density at radius 2 is 2.12 bits per heavy atom. The second-order valence-corrected chi connectivity index (χ2v) is 4.05. The minimum absolute atomic E-state index is 0.0958. The minimum Gasteiger partial charge on any atom is -0.477 e. The number of hydrogen-bond donors (Lipinski definition) is 2. The van der Waals surface area contributed by atoms with Crippen molar-refractivity contribution in [3.8, 4) is 11.1 Å². The molecule has 0 aliphatic rings. The van der Waals surface area contributed by atoms with Gasteiger partial charge in [0.25, 0.3) is 0 Å². The summed E-state index contributed by atoms with van der Waals surface area (Å²) in [7, 11) is 0. The molecule has 16 heavy (non-hydrogen) atoms. The molecule has 2 N–H and O–H groups in total. The SMILES string of the molecule is O=C(O)c1[nH]ccc1-c1ccc(F)c(Br)c1. The number of carbonyl (C=O) groups is 1. The number of halogens is 2. The molecule has 0 radical (unpaired) electrons. The summed E-state index contributed by atoms with van der Waals surface area (Å²) < 4.78 is 13.3. The molecule has 0 aliphatic heterocycles. The third-order valence-corrected chi connectivity index (χ3v) is 2.80. The lowest BCUT2D eigenvalue weighted by atomic mass is 10.1. The zero-order valence-corrected chi connectivity index (χ0v) is 9.58. The van der Waals surface area contributed by atoms with Crippen LogP contribution in [-0.4, -0.2) is 16.1 Å². The van der Waals surface area contributed by atoms with Crippen molar-refractivity contribution in [3.63, 3.8) is 0 Å². The van der Waals surface area contributed by atoms with Crippen LogP contribution in [0.5, 0.6) is 0 Å². The third kappa shape index (κ3) is 1.86. The first-order valence-corrected chi connectivity index (χ1v) is 5.25. The molecular weight excluding hydrogens is 277 g/mol. The Labute approximate surface area is 99.1 Å². The van der Waals surface area contributed by atoms with Crippen LogP contribution in [0.4, 0.5) is 4.39 Å². The van der Waals surface area contributed by atoms with Crippen molar-refractivity contribution < 1.29 is 14.3 Å². The summed E-state index contributed by atoms with van der Waals surface area (Å²) in [6, 6.07) is 6.02. The molecule has 0 fully saturated rings. The average molecular weight is 284 g/mol. The smallest absolute Gasteiger partial charge is 0.352 e. The van der Waals surface area contributed by atoms with Crippen LogP contribution in [0.25, 0.3) is 11.1 Å². The maximum absolute atomic E-state index is 13.0. The molecule has 5 heteroatoms. The first-order chi connectivity index (χ1) is 7.59. The largest absolute Gasteiger partial charge is 0.477 e. The Bertz CT molecular complexity index is 551. The summed E-state index contributed by atoms with van der Waals surface area (Å²) in [6.07, 6.45) is 1.54. The standard InChI is InChI=1S/C11H7BrFNO2/c12-8-5-6(1-2-9(8)13)7-3-4-14-10(7)11(15)16/h1-5,14H,(H,15,16). The van der Waals surface area contributed by atoms with Crippen LogP contribution in [-0.2, 0) is 0 Å². The molecular formula is C11H7BrFNO2. The molecule has 0 aliphatic carbocycles. The van der Waals surface area contributed by atoms with Gasteiger partial charge in [-0.25, -0.2) is 9.18 Å². The molecule has 0 bridgehead atoms. The molecule has 2 rings (SSSR count). The van der Waals surface area contributed by atoms with Crippen molar-refractivity contribution in [2.45, 2.75) is 0 Å². The average Bonchev–Trinajstić information content (AvgIpc) is 2.71. The molecule has 0 atom stereocenters. The van der Waals surface area contributed by atoms with E-state index in [9.17, 15) is 9.18 Å². The van der Waals surface area contributed by atoms with E-state index < -0.39 is 5.97 Å². The van der Waals surface area contributed by atoms with Crippen LogP contribution >= 0.6 is 15.9 Å². The minimum atomic E-state index is -1.04. The van der Waals surface area contributed by atoms with Crippen molar-refractivity contribution in [3.05, 3.63) is 46.4 Å². The Balaban J connectivity index is 2.54. The van der Waals surface area contributed by atoms with Crippen molar-refractivity contribution >= 4 is 21.9 Å². The highest BCUT2D eigenvalue weighted by atomic mass is 79.9. The van der Waals surface area contributed by atoms with Crippen molar-refractivity contribution in [2.75, 3.05) is 0 Å². The van der Waals surface area contributed by atoms with E-state index in [1.54, 1.807) is 12.1 Å². The van der Waals surface area contributed by atoms with Gasteiger partial charge in [0.05, 0.1) is 4.47 Å².